The minimum Gasteiger partial charge on any atom is -0.433 e. The number of fused-ring (bicyclic) bond motifs is 1. The molecule has 3 aromatic rings. The smallest absolute Gasteiger partial charge is 0.227 e. The van der Waals surface area contributed by atoms with E-state index in [0.29, 0.717) is 5.88 Å². The molecule has 0 aliphatic carbocycles. The van der Waals surface area contributed by atoms with Gasteiger partial charge in [0, 0.05) is 21.4 Å². The normalized spacial score (nSPS) is 10.7. The largest absolute Gasteiger partial charge is 0.433 e. The summed E-state index contributed by atoms with van der Waals surface area (Å²) in [6.45, 7) is 0. The fourth-order valence-electron chi connectivity index (χ4n) is 1.95. The van der Waals surface area contributed by atoms with Gasteiger partial charge < -0.3 is 10.5 Å². The molecule has 1 aromatic heterocycles. The first-order valence-electron chi connectivity index (χ1n) is 5.92. The predicted octanol–water partition coefficient (Wildman–Crippen LogP) is 4.51. The predicted molar refractivity (Wildman–Crippen MR) is 80.3 cm³/mol. The number of hydrogen-bond donors (Lipinski definition) is 1. The minimum absolute atomic E-state index is 0.00697. The zero-order valence-corrected chi connectivity index (χ0v) is 11.9. The van der Waals surface area contributed by atoms with Crippen LogP contribution in [0.2, 0.25) is 0 Å². The van der Waals surface area contributed by atoms with Gasteiger partial charge in [-0.05, 0) is 30.3 Å². The van der Waals surface area contributed by atoms with Crippen LogP contribution in [0.4, 0.5) is 10.1 Å². The molecule has 5 heteroatoms. The molecule has 2 N–H and O–H groups in total. The molecule has 100 valence electrons. The van der Waals surface area contributed by atoms with E-state index in [0.717, 1.165) is 15.2 Å². The van der Waals surface area contributed by atoms with E-state index >= 15 is 0 Å². The van der Waals surface area contributed by atoms with Gasteiger partial charge in [-0.2, -0.15) is 0 Å². The van der Waals surface area contributed by atoms with Crippen LogP contribution in [0, 0.1) is 5.82 Å². The van der Waals surface area contributed by atoms with Crippen molar-refractivity contribution >= 4 is 32.4 Å². The third kappa shape index (κ3) is 2.20. The molecule has 0 bridgehead atoms. The highest BCUT2D eigenvalue weighted by atomic mass is 79.9. The summed E-state index contributed by atoms with van der Waals surface area (Å²) >= 11 is 3.46. The summed E-state index contributed by atoms with van der Waals surface area (Å²) in [4.78, 5) is 4.16. The summed E-state index contributed by atoms with van der Waals surface area (Å²) < 4.78 is 20.3. The third-order valence-electron chi connectivity index (χ3n) is 2.91. The quantitative estimate of drug-likeness (QED) is 0.702. The monoisotopic (exact) mass is 332 g/mol. The van der Waals surface area contributed by atoms with Gasteiger partial charge in [-0.15, -0.1) is 0 Å². The zero-order chi connectivity index (χ0) is 14.1. The number of nitrogens with two attached hydrogens (primary N) is 1. The molecule has 2 aromatic carbocycles. The van der Waals surface area contributed by atoms with Gasteiger partial charge in [-0.3, -0.25) is 0 Å². The Labute approximate surface area is 123 Å². The molecule has 0 saturated carbocycles. The van der Waals surface area contributed by atoms with Crippen LogP contribution in [0.25, 0.3) is 10.8 Å². The van der Waals surface area contributed by atoms with Crippen LogP contribution in [0.1, 0.15) is 0 Å². The molecule has 0 aliphatic heterocycles. The van der Waals surface area contributed by atoms with Crippen LogP contribution < -0.4 is 10.5 Å². The maximum Gasteiger partial charge on any atom is 0.227 e. The lowest BCUT2D eigenvalue weighted by Gasteiger charge is -2.11. The van der Waals surface area contributed by atoms with Crippen LogP contribution in [0.15, 0.2) is 53.1 Å². The van der Waals surface area contributed by atoms with Crippen molar-refractivity contribution in [1.29, 1.82) is 0 Å². The highest BCUT2D eigenvalue weighted by molar-refractivity contribution is 9.10. The first-order chi connectivity index (χ1) is 9.66. The van der Waals surface area contributed by atoms with Crippen LogP contribution in [-0.4, -0.2) is 4.98 Å². The Kier molecular flexibility index (Phi) is 3.28. The fourth-order valence-corrected chi connectivity index (χ4v) is 2.45. The Balaban J connectivity index is 2.14. The van der Waals surface area contributed by atoms with Crippen LogP contribution in [0.5, 0.6) is 11.6 Å². The van der Waals surface area contributed by atoms with E-state index in [4.69, 9.17) is 10.5 Å². The van der Waals surface area contributed by atoms with Gasteiger partial charge in [0.25, 0.3) is 0 Å². The third-order valence-corrected chi connectivity index (χ3v) is 3.60. The number of nitrogen functional groups attached to an aromatic ring is 1. The van der Waals surface area contributed by atoms with E-state index in [-0.39, 0.29) is 11.4 Å². The van der Waals surface area contributed by atoms with Crippen molar-refractivity contribution in [2.45, 2.75) is 0 Å². The number of pyridine rings is 1. The molecule has 1 heterocycles. The van der Waals surface area contributed by atoms with Crippen molar-refractivity contribution in [3.8, 4) is 11.6 Å². The molecule has 0 spiro atoms. The van der Waals surface area contributed by atoms with E-state index < -0.39 is 5.82 Å². The van der Waals surface area contributed by atoms with Gasteiger partial charge in [0.1, 0.15) is 0 Å². The van der Waals surface area contributed by atoms with Gasteiger partial charge in [0.15, 0.2) is 11.6 Å². The first-order valence-corrected chi connectivity index (χ1v) is 6.71. The molecular weight excluding hydrogens is 323 g/mol. The molecular formula is C15H10BrFN2O. The van der Waals surface area contributed by atoms with Crippen LogP contribution in [-0.2, 0) is 0 Å². The average molecular weight is 333 g/mol. The Morgan fingerprint density at radius 2 is 1.85 bits per heavy atom. The van der Waals surface area contributed by atoms with Crippen molar-refractivity contribution in [3.05, 3.63) is 59.0 Å². The number of nitrogens with zero attached hydrogens (tertiary/aromatic N) is 1. The molecule has 0 amide bonds. The number of benzene rings is 2. The SMILES string of the molecule is Nc1cccc(F)c1Oc1nccc2c(Br)cccc12. The fraction of sp³-hybridized carbons (Fsp3) is 0. The number of ether oxygens (including phenoxy) is 1. The maximum absolute atomic E-state index is 13.8. The zero-order valence-electron chi connectivity index (χ0n) is 10.3. The molecule has 0 unspecified atom stereocenters. The van der Waals surface area contributed by atoms with Crippen molar-refractivity contribution in [3.63, 3.8) is 0 Å². The van der Waals surface area contributed by atoms with Gasteiger partial charge in [-0.1, -0.05) is 28.1 Å². The molecule has 3 rings (SSSR count). The summed E-state index contributed by atoms with van der Waals surface area (Å²) in [6.07, 6.45) is 1.61. The average Bonchev–Trinajstić information content (AvgIpc) is 2.44. The van der Waals surface area contributed by atoms with Crippen molar-refractivity contribution < 1.29 is 9.13 Å². The standard InChI is InChI=1S/C15H10BrFN2O/c16-11-4-1-3-10-9(11)7-8-19-15(10)20-14-12(17)5-2-6-13(14)18/h1-8H,18H2. The number of para-hydroxylation sites is 1. The molecule has 0 radical (unpaired) electrons. The van der Waals surface area contributed by atoms with Crippen LogP contribution in [0.3, 0.4) is 0 Å². The second kappa shape index (κ2) is 5.09. The number of rotatable bonds is 2. The molecule has 20 heavy (non-hydrogen) atoms. The van der Waals surface area contributed by atoms with Crippen molar-refractivity contribution in [2.24, 2.45) is 0 Å². The number of halogens is 2. The summed E-state index contributed by atoms with van der Waals surface area (Å²) in [6, 6.07) is 11.9. The molecule has 3 nitrogen and oxygen atoms in total. The van der Waals surface area contributed by atoms with Crippen molar-refractivity contribution in [2.75, 3.05) is 5.73 Å². The van der Waals surface area contributed by atoms with Crippen molar-refractivity contribution in [1.82, 2.24) is 4.98 Å². The van der Waals surface area contributed by atoms with E-state index in [1.165, 1.54) is 12.1 Å². The summed E-state index contributed by atoms with van der Waals surface area (Å²) in [5, 5.41) is 1.72. The van der Waals surface area contributed by atoms with E-state index in [1.807, 2.05) is 24.3 Å². The summed E-state index contributed by atoms with van der Waals surface area (Å²) in [5.74, 6) is -0.202. The van der Waals surface area contributed by atoms with E-state index in [9.17, 15) is 4.39 Å². The summed E-state index contributed by atoms with van der Waals surface area (Å²) in [5.41, 5.74) is 5.98. The highest BCUT2D eigenvalue weighted by Gasteiger charge is 2.12. The number of aromatic nitrogens is 1. The lowest BCUT2D eigenvalue weighted by molar-refractivity contribution is 0.435. The Hall–Kier alpha value is -2.14. The molecule has 0 saturated heterocycles. The maximum atomic E-state index is 13.8. The van der Waals surface area contributed by atoms with Gasteiger partial charge >= 0.3 is 0 Å². The van der Waals surface area contributed by atoms with E-state index in [2.05, 4.69) is 20.9 Å². The molecule has 0 fully saturated rings. The molecule has 0 aliphatic rings. The molecule has 0 atom stereocenters. The van der Waals surface area contributed by atoms with Gasteiger partial charge in [0.2, 0.25) is 5.88 Å². The Morgan fingerprint density at radius 1 is 1.05 bits per heavy atom. The first kappa shape index (κ1) is 12.9. The van der Waals surface area contributed by atoms with Crippen LogP contribution >= 0.6 is 15.9 Å². The number of anilines is 1. The Morgan fingerprint density at radius 3 is 2.65 bits per heavy atom. The topological polar surface area (TPSA) is 48.1 Å². The van der Waals surface area contributed by atoms with Gasteiger partial charge in [-0.25, -0.2) is 9.37 Å². The van der Waals surface area contributed by atoms with Gasteiger partial charge in [0.05, 0.1) is 5.69 Å². The lowest BCUT2D eigenvalue weighted by atomic mass is 10.2. The Bertz CT molecular complexity index is 772. The second-order valence-electron chi connectivity index (χ2n) is 4.21. The lowest BCUT2D eigenvalue weighted by Crippen LogP contribution is -1.97. The minimum atomic E-state index is -0.515. The summed E-state index contributed by atoms with van der Waals surface area (Å²) in [7, 11) is 0. The highest BCUT2D eigenvalue weighted by Crippen LogP contribution is 2.34. The number of hydrogen-bond acceptors (Lipinski definition) is 3. The second-order valence-corrected chi connectivity index (χ2v) is 5.07. The van der Waals surface area contributed by atoms with E-state index in [1.54, 1.807) is 12.3 Å².